The van der Waals surface area contributed by atoms with E-state index in [0.717, 1.165) is 25.9 Å². The van der Waals surface area contributed by atoms with Crippen LogP contribution in [0.3, 0.4) is 0 Å². The lowest BCUT2D eigenvalue weighted by Gasteiger charge is -2.30. The molecule has 19 heavy (non-hydrogen) atoms. The fourth-order valence-electron chi connectivity index (χ4n) is 2.44. The van der Waals surface area contributed by atoms with Gasteiger partial charge in [-0.05, 0) is 26.2 Å². The van der Waals surface area contributed by atoms with Gasteiger partial charge in [0.1, 0.15) is 11.6 Å². The van der Waals surface area contributed by atoms with Crippen LogP contribution in [0.5, 0.6) is 0 Å². The molecule has 104 valence electrons. The highest BCUT2D eigenvalue weighted by Crippen LogP contribution is 2.33. The zero-order chi connectivity index (χ0) is 13.3. The smallest absolute Gasteiger partial charge is 0.245 e. The summed E-state index contributed by atoms with van der Waals surface area (Å²) in [4.78, 5) is 15.5. The van der Waals surface area contributed by atoms with Gasteiger partial charge in [0.05, 0.1) is 6.54 Å². The van der Waals surface area contributed by atoms with E-state index in [4.69, 9.17) is 9.26 Å². The lowest BCUT2D eigenvalue weighted by molar-refractivity contribution is -0.121. The van der Waals surface area contributed by atoms with E-state index in [-0.39, 0.29) is 18.5 Å². The Morgan fingerprint density at radius 3 is 3.00 bits per heavy atom. The molecule has 2 atom stereocenters. The third-order valence-corrected chi connectivity index (χ3v) is 3.69. The van der Waals surface area contributed by atoms with Gasteiger partial charge in [-0.3, -0.25) is 10.1 Å². The van der Waals surface area contributed by atoms with E-state index < -0.39 is 5.60 Å². The van der Waals surface area contributed by atoms with Gasteiger partial charge in [-0.1, -0.05) is 5.16 Å². The molecule has 3 rings (SSSR count). The van der Waals surface area contributed by atoms with Crippen LogP contribution < -0.4 is 10.6 Å². The number of amides is 1. The molecule has 2 fully saturated rings. The minimum Gasteiger partial charge on any atom is -0.367 e. The molecule has 2 aliphatic heterocycles. The van der Waals surface area contributed by atoms with Crippen molar-refractivity contribution in [1.29, 1.82) is 0 Å². The van der Waals surface area contributed by atoms with Crippen molar-refractivity contribution in [1.82, 2.24) is 20.8 Å². The zero-order valence-electron chi connectivity index (χ0n) is 10.9. The van der Waals surface area contributed by atoms with Crippen LogP contribution in [0, 0.1) is 0 Å². The standard InChI is InChI=1S/C12H18N4O3/c1-12(4-2-3-5-18-12)11-15-10(19-16-11)8-6-14-9(17)7-13-8/h8,13H,2-7H2,1H3,(H,14,17). The summed E-state index contributed by atoms with van der Waals surface area (Å²) in [5.41, 5.74) is -0.447. The van der Waals surface area contributed by atoms with E-state index >= 15 is 0 Å². The molecule has 1 aromatic rings. The molecule has 0 bridgehead atoms. The number of hydrogen-bond acceptors (Lipinski definition) is 6. The van der Waals surface area contributed by atoms with Gasteiger partial charge in [0, 0.05) is 13.2 Å². The first kappa shape index (κ1) is 12.6. The number of nitrogens with one attached hydrogen (secondary N) is 2. The third-order valence-electron chi connectivity index (χ3n) is 3.69. The number of hydrogen-bond donors (Lipinski definition) is 2. The van der Waals surface area contributed by atoms with Crippen LogP contribution in [0.4, 0.5) is 0 Å². The fraction of sp³-hybridized carbons (Fsp3) is 0.750. The molecular formula is C12H18N4O3. The summed E-state index contributed by atoms with van der Waals surface area (Å²) < 4.78 is 11.1. The Labute approximate surface area is 111 Å². The summed E-state index contributed by atoms with van der Waals surface area (Å²) >= 11 is 0. The van der Waals surface area contributed by atoms with Crippen molar-refractivity contribution < 1.29 is 14.1 Å². The van der Waals surface area contributed by atoms with E-state index in [0.29, 0.717) is 18.3 Å². The normalized spacial score (nSPS) is 32.1. The Kier molecular flexibility index (Phi) is 3.24. The molecule has 0 radical (unpaired) electrons. The lowest BCUT2D eigenvalue weighted by atomic mass is 9.95. The number of aromatic nitrogens is 2. The van der Waals surface area contributed by atoms with Crippen LogP contribution in [0.1, 0.15) is 43.9 Å². The van der Waals surface area contributed by atoms with Gasteiger partial charge in [0.15, 0.2) is 0 Å². The maximum Gasteiger partial charge on any atom is 0.245 e. The van der Waals surface area contributed by atoms with E-state index in [2.05, 4.69) is 20.8 Å². The molecule has 0 saturated carbocycles. The van der Waals surface area contributed by atoms with E-state index in [9.17, 15) is 4.79 Å². The third kappa shape index (κ3) is 2.48. The minimum absolute atomic E-state index is 0.0152. The second-order valence-corrected chi connectivity index (χ2v) is 5.23. The predicted octanol–water partition coefficient (Wildman–Crippen LogP) is 0.246. The van der Waals surface area contributed by atoms with Crippen LogP contribution in [0.25, 0.3) is 0 Å². The van der Waals surface area contributed by atoms with Gasteiger partial charge in [0.25, 0.3) is 0 Å². The first-order valence-corrected chi connectivity index (χ1v) is 6.65. The molecule has 0 aliphatic carbocycles. The highest BCUT2D eigenvalue weighted by Gasteiger charge is 2.36. The Bertz CT molecular complexity index is 457. The Morgan fingerprint density at radius 1 is 1.42 bits per heavy atom. The van der Waals surface area contributed by atoms with Crippen molar-refractivity contribution in [3.63, 3.8) is 0 Å². The highest BCUT2D eigenvalue weighted by atomic mass is 16.5. The Hall–Kier alpha value is -1.47. The number of nitrogens with zero attached hydrogens (tertiary/aromatic N) is 2. The molecule has 2 N–H and O–H groups in total. The van der Waals surface area contributed by atoms with E-state index in [1.807, 2.05) is 6.92 Å². The summed E-state index contributed by atoms with van der Waals surface area (Å²) in [5, 5.41) is 9.88. The molecule has 0 spiro atoms. The molecular weight excluding hydrogens is 248 g/mol. The first-order valence-electron chi connectivity index (χ1n) is 6.65. The maximum absolute atomic E-state index is 11.1. The quantitative estimate of drug-likeness (QED) is 0.797. The molecule has 2 aliphatic rings. The van der Waals surface area contributed by atoms with Crippen LogP contribution in [-0.4, -0.2) is 35.7 Å². The number of carbonyl (C=O) groups is 1. The topological polar surface area (TPSA) is 89.3 Å². The molecule has 0 aromatic carbocycles. The molecule has 7 nitrogen and oxygen atoms in total. The molecule has 2 saturated heterocycles. The summed E-state index contributed by atoms with van der Waals surface area (Å²) in [6, 6.07) is -0.119. The van der Waals surface area contributed by atoms with Gasteiger partial charge in [-0.15, -0.1) is 0 Å². The number of piperazine rings is 1. The second kappa shape index (κ2) is 4.90. The molecule has 2 unspecified atom stereocenters. The molecule has 1 amide bonds. The van der Waals surface area contributed by atoms with E-state index in [1.165, 1.54) is 0 Å². The molecule has 3 heterocycles. The monoisotopic (exact) mass is 266 g/mol. The average molecular weight is 266 g/mol. The van der Waals surface area contributed by atoms with Crippen molar-refractivity contribution in [3.05, 3.63) is 11.7 Å². The SMILES string of the molecule is CC1(c2noc(C3CNC(=O)CN3)n2)CCCCO1. The van der Waals surface area contributed by atoms with Crippen molar-refractivity contribution in [2.75, 3.05) is 19.7 Å². The van der Waals surface area contributed by atoms with Crippen LogP contribution in [-0.2, 0) is 15.1 Å². The van der Waals surface area contributed by atoms with Crippen LogP contribution in [0.15, 0.2) is 4.52 Å². The summed E-state index contributed by atoms with van der Waals surface area (Å²) in [5.74, 6) is 1.09. The van der Waals surface area contributed by atoms with Gasteiger partial charge < -0.3 is 14.6 Å². The van der Waals surface area contributed by atoms with Gasteiger partial charge >= 0.3 is 0 Å². The molecule has 7 heteroatoms. The second-order valence-electron chi connectivity index (χ2n) is 5.23. The fourth-order valence-corrected chi connectivity index (χ4v) is 2.44. The number of ether oxygens (including phenoxy) is 1. The zero-order valence-corrected chi connectivity index (χ0v) is 10.9. The number of carbonyl (C=O) groups excluding carboxylic acids is 1. The van der Waals surface area contributed by atoms with Crippen molar-refractivity contribution in [2.45, 2.75) is 37.8 Å². The predicted molar refractivity (Wildman–Crippen MR) is 65.2 cm³/mol. The first-order chi connectivity index (χ1) is 9.17. The minimum atomic E-state index is -0.447. The summed E-state index contributed by atoms with van der Waals surface area (Å²) in [7, 11) is 0. The highest BCUT2D eigenvalue weighted by molar-refractivity contribution is 5.78. The Balaban J connectivity index is 1.73. The van der Waals surface area contributed by atoms with Crippen molar-refractivity contribution in [2.24, 2.45) is 0 Å². The van der Waals surface area contributed by atoms with Crippen molar-refractivity contribution >= 4 is 5.91 Å². The van der Waals surface area contributed by atoms with Crippen LogP contribution >= 0.6 is 0 Å². The maximum atomic E-state index is 11.1. The molecule has 1 aromatic heterocycles. The van der Waals surface area contributed by atoms with Gasteiger partial charge in [-0.25, -0.2) is 0 Å². The average Bonchev–Trinajstić information content (AvgIpc) is 2.91. The summed E-state index contributed by atoms with van der Waals surface area (Å²) in [6.45, 7) is 3.48. The van der Waals surface area contributed by atoms with Crippen molar-refractivity contribution in [3.8, 4) is 0 Å². The lowest BCUT2D eigenvalue weighted by Crippen LogP contribution is -2.47. The van der Waals surface area contributed by atoms with Gasteiger partial charge in [-0.2, -0.15) is 4.98 Å². The summed E-state index contributed by atoms with van der Waals surface area (Å²) in [6.07, 6.45) is 3.09. The Morgan fingerprint density at radius 2 is 2.32 bits per heavy atom. The van der Waals surface area contributed by atoms with Gasteiger partial charge in [0.2, 0.25) is 17.6 Å². The number of rotatable bonds is 2. The van der Waals surface area contributed by atoms with Crippen LogP contribution in [0.2, 0.25) is 0 Å². The largest absolute Gasteiger partial charge is 0.367 e. The van der Waals surface area contributed by atoms with E-state index in [1.54, 1.807) is 0 Å².